The smallest absolute Gasteiger partial charge is 0.410 e. The van der Waals surface area contributed by atoms with Gasteiger partial charge in [0, 0.05) is 41.4 Å². The van der Waals surface area contributed by atoms with Crippen LogP contribution >= 0.6 is 15.9 Å². The van der Waals surface area contributed by atoms with Crippen molar-refractivity contribution in [3.8, 4) is 0 Å². The van der Waals surface area contributed by atoms with Crippen molar-refractivity contribution in [3.05, 3.63) is 28.5 Å². The zero-order valence-electron chi connectivity index (χ0n) is 14.7. The van der Waals surface area contributed by atoms with Crippen LogP contribution in [0.1, 0.15) is 45.2 Å². The second-order valence-corrected chi connectivity index (χ2v) is 8.36. The Bertz CT molecular complexity index is 755. The number of piperidine rings is 1. The number of carbonyl (C=O) groups is 1. The molecule has 0 saturated carbocycles. The summed E-state index contributed by atoms with van der Waals surface area (Å²) in [4.78, 5) is 18.6. The summed E-state index contributed by atoms with van der Waals surface area (Å²) in [6.07, 6.45) is 5.64. The fraction of sp³-hybridized carbons (Fsp3) is 0.556. The molecule has 0 bridgehead atoms. The lowest BCUT2D eigenvalue weighted by Gasteiger charge is -2.34. The number of carbonyl (C=O) groups excluding carboxylic acids is 1. The van der Waals surface area contributed by atoms with E-state index in [1.807, 2.05) is 31.9 Å². The van der Waals surface area contributed by atoms with Gasteiger partial charge in [-0.05, 0) is 68.1 Å². The van der Waals surface area contributed by atoms with Crippen LogP contribution in [0.15, 0.2) is 22.9 Å². The lowest BCUT2D eigenvalue weighted by Crippen LogP contribution is -2.42. The third kappa shape index (κ3) is 3.58. The minimum Gasteiger partial charge on any atom is -0.444 e. The summed E-state index contributed by atoms with van der Waals surface area (Å²) in [6, 6.07) is 2.48. The predicted molar refractivity (Wildman–Crippen MR) is 98.2 cm³/mol. The van der Waals surface area contributed by atoms with Crippen LogP contribution < -0.4 is 0 Å². The number of ether oxygens (including phenoxy) is 1. The van der Waals surface area contributed by atoms with Gasteiger partial charge in [0.25, 0.3) is 0 Å². The van der Waals surface area contributed by atoms with Gasteiger partial charge in [0.1, 0.15) is 11.2 Å². The van der Waals surface area contributed by atoms with E-state index >= 15 is 0 Å². The summed E-state index contributed by atoms with van der Waals surface area (Å²) < 4.78 is 8.73. The number of likely N-dealkylation sites (tertiary alicyclic amines) is 1. The molecule has 1 amide bonds. The molecule has 0 unspecified atom stereocenters. The number of hydrogen-bond donors (Lipinski definition) is 0. The normalized spacial score (nSPS) is 16.6. The van der Waals surface area contributed by atoms with Gasteiger partial charge in [-0.1, -0.05) is 0 Å². The Morgan fingerprint density at radius 1 is 1.33 bits per heavy atom. The molecular formula is C18H24BrN3O2. The molecule has 0 spiro atoms. The number of halogens is 1. The van der Waals surface area contributed by atoms with E-state index in [2.05, 4.69) is 44.7 Å². The summed E-state index contributed by atoms with van der Waals surface area (Å²) >= 11 is 3.49. The van der Waals surface area contributed by atoms with Crippen LogP contribution in [0.3, 0.4) is 0 Å². The quantitative estimate of drug-likeness (QED) is 0.706. The summed E-state index contributed by atoms with van der Waals surface area (Å²) in [5, 5.41) is 1.18. The maximum atomic E-state index is 12.2. The zero-order chi connectivity index (χ0) is 17.5. The summed E-state index contributed by atoms with van der Waals surface area (Å²) in [5.74, 6) is 0. The molecule has 130 valence electrons. The Morgan fingerprint density at radius 2 is 2.00 bits per heavy atom. The molecule has 3 rings (SSSR count). The van der Waals surface area contributed by atoms with Crippen LogP contribution in [0.2, 0.25) is 0 Å². The van der Waals surface area contributed by atoms with E-state index in [4.69, 9.17) is 4.74 Å². The first-order valence-corrected chi connectivity index (χ1v) is 9.14. The van der Waals surface area contributed by atoms with Crippen LogP contribution in [0, 0.1) is 6.92 Å². The maximum absolute atomic E-state index is 12.2. The van der Waals surface area contributed by atoms with Crippen molar-refractivity contribution in [2.24, 2.45) is 0 Å². The van der Waals surface area contributed by atoms with E-state index in [0.29, 0.717) is 6.04 Å². The molecule has 2 aromatic rings. The van der Waals surface area contributed by atoms with Gasteiger partial charge >= 0.3 is 6.09 Å². The second-order valence-electron chi connectivity index (χ2n) is 7.44. The number of aromatic nitrogens is 2. The Labute approximate surface area is 151 Å². The van der Waals surface area contributed by atoms with E-state index in [1.54, 1.807) is 0 Å². The lowest BCUT2D eigenvalue weighted by molar-refractivity contribution is 0.0189. The Hall–Kier alpha value is -1.56. The van der Waals surface area contributed by atoms with Crippen molar-refractivity contribution in [2.75, 3.05) is 13.1 Å². The van der Waals surface area contributed by atoms with Crippen molar-refractivity contribution in [1.29, 1.82) is 0 Å². The fourth-order valence-corrected chi connectivity index (χ4v) is 3.53. The number of nitrogens with zero attached hydrogens (tertiary/aromatic N) is 3. The standard InChI is InChI=1S/C18H24BrN3O2/c1-12-11-22(16-15(12)9-13(19)10-20-16)14-5-7-21(8-6-14)17(23)24-18(2,3)4/h9-11,14H,5-8H2,1-4H3. The Balaban J connectivity index is 1.72. The number of pyridine rings is 1. The van der Waals surface area contributed by atoms with Gasteiger partial charge < -0.3 is 14.2 Å². The molecule has 1 aliphatic rings. The van der Waals surface area contributed by atoms with Crippen LogP contribution in [-0.4, -0.2) is 39.2 Å². The molecule has 24 heavy (non-hydrogen) atoms. The van der Waals surface area contributed by atoms with Crippen molar-refractivity contribution in [2.45, 2.75) is 52.2 Å². The second kappa shape index (κ2) is 6.39. The highest BCUT2D eigenvalue weighted by Crippen LogP contribution is 2.30. The van der Waals surface area contributed by atoms with Crippen molar-refractivity contribution in [3.63, 3.8) is 0 Å². The first-order chi connectivity index (χ1) is 11.2. The van der Waals surface area contributed by atoms with E-state index in [9.17, 15) is 4.79 Å². The molecule has 3 heterocycles. The van der Waals surface area contributed by atoms with Crippen molar-refractivity contribution >= 4 is 33.1 Å². The molecule has 0 atom stereocenters. The van der Waals surface area contributed by atoms with Crippen LogP contribution in [0.25, 0.3) is 11.0 Å². The largest absolute Gasteiger partial charge is 0.444 e. The SMILES string of the molecule is Cc1cn(C2CCN(C(=O)OC(C)(C)C)CC2)c2ncc(Br)cc12. The monoisotopic (exact) mass is 393 g/mol. The third-order valence-corrected chi connectivity index (χ3v) is 4.78. The van der Waals surface area contributed by atoms with Gasteiger partial charge in [0.05, 0.1) is 0 Å². The molecule has 1 fully saturated rings. The topological polar surface area (TPSA) is 47.4 Å². The number of fused-ring (bicyclic) bond motifs is 1. The minimum absolute atomic E-state index is 0.212. The van der Waals surface area contributed by atoms with E-state index < -0.39 is 5.60 Å². The number of amides is 1. The predicted octanol–water partition coefficient (Wildman–Crippen LogP) is 4.68. The van der Waals surface area contributed by atoms with Gasteiger partial charge in [-0.2, -0.15) is 0 Å². The zero-order valence-corrected chi connectivity index (χ0v) is 16.3. The highest BCUT2D eigenvalue weighted by atomic mass is 79.9. The summed E-state index contributed by atoms with van der Waals surface area (Å²) in [7, 11) is 0. The lowest BCUT2D eigenvalue weighted by atomic mass is 10.1. The van der Waals surface area contributed by atoms with Crippen LogP contribution in [-0.2, 0) is 4.74 Å². The summed E-state index contributed by atoms with van der Waals surface area (Å²) in [5.41, 5.74) is 1.80. The number of aryl methyl sites for hydroxylation is 1. The van der Waals surface area contributed by atoms with Crippen LogP contribution in [0.5, 0.6) is 0 Å². The molecule has 6 heteroatoms. The van der Waals surface area contributed by atoms with Crippen molar-refractivity contribution < 1.29 is 9.53 Å². The maximum Gasteiger partial charge on any atom is 0.410 e. The highest BCUT2D eigenvalue weighted by Gasteiger charge is 2.28. The summed E-state index contributed by atoms with van der Waals surface area (Å²) in [6.45, 7) is 9.25. The van der Waals surface area contributed by atoms with E-state index in [-0.39, 0.29) is 6.09 Å². The number of rotatable bonds is 1. The molecule has 5 nitrogen and oxygen atoms in total. The van der Waals surface area contributed by atoms with E-state index in [1.165, 1.54) is 10.9 Å². The molecule has 0 N–H and O–H groups in total. The first-order valence-electron chi connectivity index (χ1n) is 8.35. The Morgan fingerprint density at radius 3 is 2.62 bits per heavy atom. The van der Waals surface area contributed by atoms with Crippen molar-refractivity contribution in [1.82, 2.24) is 14.5 Å². The molecule has 1 saturated heterocycles. The molecule has 0 aromatic carbocycles. The highest BCUT2D eigenvalue weighted by molar-refractivity contribution is 9.10. The average Bonchev–Trinajstić information content (AvgIpc) is 2.82. The van der Waals surface area contributed by atoms with Gasteiger partial charge in [-0.25, -0.2) is 9.78 Å². The van der Waals surface area contributed by atoms with Crippen LogP contribution in [0.4, 0.5) is 4.79 Å². The van der Waals surface area contributed by atoms with Gasteiger partial charge in [-0.15, -0.1) is 0 Å². The average molecular weight is 394 g/mol. The first kappa shape index (κ1) is 17.3. The van der Waals surface area contributed by atoms with Gasteiger partial charge in [-0.3, -0.25) is 0 Å². The Kier molecular flexibility index (Phi) is 4.60. The molecule has 1 aliphatic heterocycles. The molecule has 0 radical (unpaired) electrons. The van der Waals surface area contributed by atoms with Gasteiger partial charge in [0.2, 0.25) is 0 Å². The number of hydrogen-bond acceptors (Lipinski definition) is 3. The fourth-order valence-electron chi connectivity index (χ4n) is 3.20. The third-order valence-electron chi connectivity index (χ3n) is 4.35. The molecule has 2 aromatic heterocycles. The molecular weight excluding hydrogens is 370 g/mol. The van der Waals surface area contributed by atoms with E-state index in [0.717, 1.165) is 36.1 Å². The minimum atomic E-state index is -0.445. The molecule has 0 aliphatic carbocycles. The van der Waals surface area contributed by atoms with Gasteiger partial charge in [0.15, 0.2) is 0 Å².